The minimum atomic E-state index is -3.50. The molecule has 4 nitrogen and oxygen atoms in total. The average molecular weight is 327 g/mol. The van der Waals surface area contributed by atoms with Crippen LogP contribution in [0.2, 0.25) is 5.02 Å². The molecule has 2 aromatic rings. The highest BCUT2D eigenvalue weighted by Crippen LogP contribution is 2.29. The topological polar surface area (TPSA) is 71.0 Å². The first-order valence-electron chi connectivity index (χ1n) is 6.41. The van der Waals surface area contributed by atoms with E-state index >= 15 is 0 Å². The van der Waals surface area contributed by atoms with Gasteiger partial charge in [-0.05, 0) is 42.0 Å². The second-order valence-electron chi connectivity index (χ2n) is 4.55. The Bertz CT molecular complexity index is 697. The smallest absolute Gasteiger partial charge is 0.190 e. The van der Waals surface area contributed by atoms with Gasteiger partial charge >= 0.3 is 0 Å². The molecule has 3 N–H and O–H groups in total. The van der Waals surface area contributed by atoms with E-state index in [1.54, 1.807) is 43.5 Å². The molecule has 0 heterocycles. The van der Waals surface area contributed by atoms with Crippen LogP contribution < -0.4 is 10.5 Å². The highest BCUT2D eigenvalue weighted by molar-refractivity contribution is 7.91. The normalized spacial score (nSPS) is 12.9. The molecular formula is C15H17ClNO3S+. The number of hydrogen-bond donors (Lipinski definition) is 1. The molecule has 0 aliphatic heterocycles. The fourth-order valence-electron chi connectivity index (χ4n) is 2.11. The van der Waals surface area contributed by atoms with Gasteiger partial charge in [-0.1, -0.05) is 23.7 Å². The Hall–Kier alpha value is -1.56. The van der Waals surface area contributed by atoms with E-state index in [0.717, 1.165) is 0 Å². The molecule has 0 radical (unpaired) electrons. The van der Waals surface area contributed by atoms with Gasteiger partial charge in [0.1, 0.15) is 11.0 Å². The van der Waals surface area contributed by atoms with E-state index in [1.165, 1.54) is 12.1 Å². The van der Waals surface area contributed by atoms with Crippen molar-refractivity contribution in [3.05, 3.63) is 59.1 Å². The second kappa shape index (κ2) is 6.47. The third-order valence-electron chi connectivity index (χ3n) is 3.27. The minimum Gasteiger partial charge on any atom is -0.497 e. The summed E-state index contributed by atoms with van der Waals surface area (Å²) in [5.41, 5.74) is 4.47. The van der Waals surface area contributed by atoms with Crippen LogP contribution in [-0.2, 0) is 9.84 Å². The van der Waals surface area contributed by atoms with Crippen molar-refractivity contribution in [1.82, 2.24) is 0 Å². The van der Waals surface area contributed by atoms with Gasteiger partial charge in [-0.15, -0.1) is 0 Å². The zero-order chi connectivity index (χ0) is 15.5. The van der Waals surface area contributed by atoms with E-state index in [9.17, 15) is 8.42 Å². The van der Waals surface area contributed by atoms with Crippen LogP contribution >= 0.6 is 11.6 Å². The number of halogens is 1. The molecule has 6 heteroatoms. The van der Waals surface area contributed by atoms with Gasteiger partial charge in [-0.2, -0.15) is 0 Å². The number of rotatable bonds is 5. The summed E-state index contributed by atoms with van der Waals surface area (Å²) in [7, 11) is -1.93. The number of ether oxygens (including phenoxy) is 1. The standard InChI is InChI=1S/C15H16ClNO3S/c1-20-13-6-2-11(3-7-13)15(10-17)21(18,19)14-8-4-12(16)5-9-14/h2-9,15H,10,17H2,1H3/p+1/t15-/m0/s1. The molecule has 21 heavy (non-hydrogen) atoms. The lowest BCUT2D eigenvalue weighted by Gasteiger charge is -2.15. The highest BCUT2D eigenvalue weighted by atomic mass is 35.5. The van der Waals surface area contributed by atoms with E-state index in [-0.39, 0.29) is 11.4 Å². The van der Waals surface area contributed by atoms with Crippen LogP contribution in [0.25, 0.3) is 0 Å². The quantitative estimate of drug-likeness (QED) is 0.914. The highest BCUT2D eigenvalue weighted by Gasteiger charge is 2.29. The average Bonchev–Trinajstić information content (AvgIpc) is 2.49. The lowest BCUT2D eigenvalue weighted by atomic mass is 10.1. The molecule has 0 aliphatic rings. The first-order chi connectivity index (χ1) is 9.98. The Labute approximate surface area is 129 Å². The van der Waals surface area contributed by atoms with Gasteiger partial charge in [0, 0.05) is 5.02 Å². The van der Waals surface area contributed by atoms with E-state index in [4.69, 9.17) is 16.3 Å². The van der Waals surface area contributed by atoms with Gasteiger partial charge in [0.2, 0.25) is 0 Å². The molecule has 0 fully saturated rings. The van der Waals surface area contributed by atoms with Gasteiger partial charge in [-0.3, -0.25) is 0 Å². The lowest BCUT2D eigenvalue weighted by molar-refractivity contribution is -0.367. The molecule has 1 atom stereocenters. The number of methoxy groups -OCH3 is 1. The summed E-state index contributed by atoms with van der Waals surface area (Å²) < 4.78 is 30.5. The van der Waals surface area contributed by atoms with Crippen LogP contribution in [0.5, 0.6) is 5.75 Å². The fourth-order valence-corrected chi connectivity index (χ4v) is 3.90. The van der Waals surface area contributed by atoms with Gasteiger partial charge in [0.15, 0.2) is 9.84 Å². The molecule has 0 aromatic heterocycles. The summed E-state index contributed by atoms with van der Waals surface area (Å²) in [6, 6.07) is 13.2. The molecule has 0 saturated carbocycles. The largest absolute Gasteiger partial charge is 0.497 e. The third-order valence-corrected chi connectivity index (χ3v) is 5.70. The van der Waals surface area contributed by atoms with Crippen molar-refractivity contribution in [3.63, 3.8) is 0 Å². The summed E-state index contributed by atoms with van der Waals surface area (Å²) in [5, 5.41) is -0.186. The summed E-state index contributed by atoms with van der Waals surface area (Å²) in [6.45, 7) is 0.247. The predicted molar refractivity (Wildman–Crippen MR) is 82.1 cm³/mol. The molecular weight excluding hydrogens is 310 g/mol. The van der Waals surface area contributed by atoms with Crippen LogP contribution in [0.3, 0.4) is 0 Å². The lowest BCUT2D eigenvalue weighted by Crippen LogP contribution is -2.54. The van der Waals surface area contributed by atoms with E-state index in [1.807, 2.05) is 0 Å². The molecule has 0 aliphatic carbocycles. The fraction of sp³-hybridized carbons (Fsp3) is 0.200. The van der Waals surface area contributed by atoms with Crippen molar-refractivity contribution in [2.24, 2.45) is 0 Å². The van der Waals surface area contributed by atoms with E-state index in [0.29, 0.717) is 16.3 Å². The van der Waals surface area contributed by atoms with Crippen LogP contribution in [0.4, 0.5) is 0 Å². The van der Waals surface area contributed by atoms with Crippen molar-refractivity contribution >= 4 is 21.4 Å². The Morgan fingerprint density at radius 3 is 2.14 bits per heavy atom. The Morgan fingerprint density at radius 1 is 1.10 bits per heavy atom. The zero-order valence-corrected chi connectivity index (χ0v) is 13.2. The van der Waals surface area contributed by atoms with E-state index in [2.05, 4.69) is 5.73 Å². The summed E-state index contributed by atoms with van der Waals surface area (Å²) >= 11 is 5.80. The molecule has 2 rings (SSSR count). The third kappa shape index (κ3) is 3.37. The Kier molecular flexibility index (Phi) is 4.88. The molecule has 0 unspecified atom stereocenters. The number of quaternary nitrogens is 1. The second-order valence-corrected chi connectivity index (χ2v) is 7.12. The summed E-state index contributed by atoms with van der Waals surface area (Å²) in [4.78, 5) is 0.247. The number of hydrogen-bond acceptors (Lipinski definition) is 3. The maximum atomic E-state index is 12.7. The van der Waals surface area contributed by atoms with Crippen molar-refractivity contribution in [1.29, 1.82) is 0 Å². The summed E-state index contributed by atoms with van der Waals surface area (Å²) in [6.07, 6.45) is 0. The summed E-state index contributed by atoms with van der Waals surface area (Å²) in [5.74, 6) is 0.686. The predicted octanol–water partition coefficient (Wildman–Crippen LogP) is 2.11. The number of benzene rings is 2. The van der Waals surface area contributed by atoms with Crippen LogP contribution in [-0.4, -0.2) is 22.1 Å². The van der Waals surface area contributed by atoms with Gasteiger partial charge in [-0.25, -0.2) is 8.42 Å². The van der Waals surface area contributed by atoms with E-state index < -0.39 is 15.1 Å². The number of sulfone groups is 1. The maximum Gasteiger partial charge on any atom is 0.190 e. The SMILES string of the molecule is COc1ccc([C@H](C[NH3+])S(=O)(=O)c2ccc(Cl)cc2)cc1. The zero-order valence-electron chi connectivity index (χ0n) is 11.6. The molecule has 2 aromatic carbocycles. The first kappa shape index (κ1) is 15.8. The van der Waals surface area contributed by atoms with Gasteiger partial charge in [0.05, 0.1) is 18.6 Å². The molecule has 0 saturated heterocycles. The van der Waals surface area contributed by atoms with Crippen molar-refractivity contribution in [3.8, 4) is 5.75 Å². The first-order valence-corrected chi connectivity index (χ1v) is 8.34. The van der Waals surface area contributed by atoms with Crippen molar-refractivity contribution < 1.29 is 18.9 Å². The van der Waals surface area contributed by atoms with Crippen molar-refractivity contribution in [2.45, 2.75) is 10.1 Å². The molecule has 0 amide bonds. The van der Waals surface area contributed by atoms with Gasteiger partial charge in [0.25, 0.3) is 0 Å². The Balaban J connectivity index is 2.41. The minimum absolute atomic E-state index is 0.247. The molecule has 0 bridgehead atoms. The maximum absolute atomic E-state index is 12.7. The molecule has 112 valence electrons. The van der Waals surface area contributed by atoms with Gasteiger partial charge < -0.3 is 10.5 Å². The van der Waals surface area contributed by atoms with Crippen LogP contribution in [0.1, 0.15) is 10.8 Å². The monoisotopic (exact) mass is 326 g/mol. The van der Waals surface area contributed by atoms with Crippen molar-refractivity contribution in [2.75, 3.05) is 13.7 Å². The Morgan fingerprint density at radius 2 is 1.67 bits per heavy atom. The molecule has 0 spiro atoms. The van der Waals surface area contributed by atoms with Crippen LogP contribution in [0.15, 0.2) is 53.4 Å². The van der Waals surface area contributed by atoms with Crippen LogP contribution in [0, 0.1) is 0 Å².